The van der Waals surface area contributed by atoms with Crippen LogP contribution in [-0.4, -0.2) is 60.8 Å². The van der Waals surface area contributed by atoms with E-state index in [0.717, 1.165) is 17.7 Å². The Morgan fingerprint density at radius 3 is 2.80 bits per heavy atom. The van der Waals surface area contributed by atoms with Crippen LogP contribution in [0.1, 0.15) is 25.8 Å². The molecule has 0 fully saturated rings. The third kappa shape index (κ3) is 6.98. The van der Waals surface area contributed by atoms with Gasteiger partial charge in [0.05, 0.1) is 18.4 Å². The first-order valence-corrected chi connectivity index (χ1v) is 8.95. The zero-order valence-corrected chi connectivity index (χ0v) is 15.3. The van der Waals surface area contributed by atoms with Gasteiger partial charge in [-0.25, -0.2) is 0 Å². The molecule has 1 aromatic carbocycles. The summed E-state index contributed by atoms with van der Waals surface area (Å²) in [4.78, 5) is 7.72. The number of ether oxygens (including phenoxy) is 1. The van der Waals surface area contributed by atoms with Crippen molar-refractivity contribution in [2.45, 2.75) is 32.5 Å². The second kappa shape index (κ2) is 10.3. The van der Waals surface area contributed by atoms with Crippen molar-refractivity contribution in [2.75, 3.05) is 32.8 Å². The van der Waals surface area contributed by atoms with Crippen molar-refractivity contribution in [3.05, 3.63) is 48.6 Å². The van der Waals surface area contributed by atoms with E-state index in [0.29, 0.717) is 38.8 Å². The minimum Gasteiger partial charge on any atom is -0.390 e. The van der Waals surface area contributed by atoms with E-state index in [1.807, 2.05) is 36.4 Å². The molecule has 0 aromatic heterocycles. The molecule has 0 bridgehead atoms. The Morgan fingerprint density at radius 1 is 1.36 bits per heavy atom. The molecule has 0 spiro atoms. The molecule has 5 nitrogen and oxygen atoms in total. The Kier molecular flexibility index (Phi) is 8.12. The summed E-state index contributed by atoms with van der Waals surface area (Å²) in [5.41, 5.74) is 2.08. The fourth-order valence-electron chi connectivity index (χ4n) is 2.81. The summed E-state index contributed by atoms with van der Waals surface area (Å²) < 4.78 is 5.52. The molecule has 0 radical (unpaired) electrons. The second-order valence-electron chi connectivity index (χ2n) is 6.93. The standard InChI is InChI=1S/C20H30N2O3/c1-4-10-22(12-18(23)15-24-14-16(2)3)13-19-11-20(21-25-19)17-8-6-5-7-9-17/h4-9,16,18-19,23H,1,10-15H2,2-3H3/t18-,19+/m1/s1. The maximum Gasteiger partial charge on any atom is 0.145 e. The zero-order chi connectivity index (χ0) is 18.1. The average molecular weight is 346 g/mol. The van der Waals surface area contributed by atoms with Gasteiger partial charge in [0.1, 0.15) is 6.10 Å². The molecule has 1 aliphatic heterocycles. The third-order valence-electron chi connectivity index (χ3n) is 3.92. The Balaban J connectivity index is 1.79. The predicted molar refractivity (Wildman–Crippen MR) is 101 cm³/mol. The van der Waals surface area contributed by atoms with Crippen LogP contribution in [0.5, 0.6) is 0 Å². The van der Waals surface area contributed by atoms with Gasteiger partial charge in [-0.15, -0.1) is 6.58 Å². The highest BCUT2D eigenvalue weighted by atomic mass is 16.6. The number of benzene rings is 1. The fourth-order valence-corrected chi connectivity index (χ4v) is 2.81. The molecular formula is C20H30N2O3. The first-order chi connectivity index (χ1) is 12.1. The minimum absolute atomic E-state index is 0.000983. The molecule has 0 amide bonds. The van der Waals surface area contributed by atoms with E-state index in [2.05, 4.69) is 30.5 Å². The SMILES string of the molecule is C=CCN(C[C@@H](O)COCC(C)C)C[C@@H]1CC(c2ccccc2)=NO1. The summed E-state index contributed by atoms with van der Waals surface area (Å²) >= 11 is 0. The molecule has 0 saturated heterocycles. The average Bonchev–Trinajstić information content (AvgIpc) is 3.04. The lowest BCUT2D eigenvalue weighted by Crippen LogP contribution is -2.40. The summed E-state index contributed by atoms with van der Waals surface area (Å²) in [6.45, 7) is 10.9. The number of hydrogen-bond donors (Lipinski definition) is 1. The summed E-state index contributed by atoms with van der Waals surface area (Å²) in [6.07, 6.45) is 2.10. The summed E-state index contributed by atoms with van der Waals surface area (Å²) in [5.74, 6) is 0.469. The Morgan fingerprint density at radius 2 is 2.12 bits per heavy atom. The van der Waals surface area contributed by atoms with Crippen LogP contribution in [0.25, 0.3) is 0 Å². The van der Waals surface area contributed by atoms with Gasteiger partial charge in [0, 0.05) is 32.7 Å². The highest BCUT2D eigenvalue weighted by Gasteiger charge is 2.25. The van der Waals surface area contributed by atoms with Gasteiger partial charge in [-0.1, -0.05) is 55.4 Å². The molecule has 1 aliphatic rings. The van der Waals surface area contributed by atoms with Gasteiger partial charge in [-0.2, -0.15) is 0 Å². The molecule has 2 atom stereocenters. The molecule has 25 heavy (non-hydrogen) atoms. The number of oxime groups is 1. The van der Waals surface area contributed by atoms with Crippen LogP contribution < -0.4 is 0 Å². The lowest BCUT2D eigenvalue weighted by atomic mass is 10.0. The highest BCUT2D eigenvalue weighted by Crippen LogP contribution is 2.17. The van der Waals surface area contributed by atoms with Gasteiger partial charge in [0.2, 0.25) is 0 Å². The first-order valence-electron chi connectivity index (χ1n) is 8.95. The number of hydrogen-bond acceptors (Lipinski definition) is 5. The molecule has 0 aliphatic carbocycles. The van der Waals surface area contributed by atoms with Crippen molar-refractivity contribution >= 4 is 5.71 Å². The summed E-state index contributed by atoms with van der Waals surface area (Å²) in [7, 11) is 0. The molecule has 1 heterocycles. The van der Waals surface area contributed by atoms with Crippen molar-refractivity contribution in [2.24, 2.45) is 11.1 Å². The molecular weight excluding hydrogens is 316 g/mol. The van der Waals surface area contributed by atoms with Crippen LogP contribution in [0, 0.1) is 5.92 Å². The van der Waals surface area contributed by atoms with E-state index < -0.39 is 6.10 Å². The monoisotopic (exact) mass is 346 g/mol. The van der Waals surface area contributed by atoms with Crippen molar-refractivity contribution in [1.29, 1.82) is 0 Å². The van der Waals surface area contributed by atoms with Crippen LogP contribution >= 0.6 is 0 Å². The molecule has 1 aromatic rings. The highest BCUT2D eigenvalue weighted by molar-refractivity contribution is 6.01. The van der Waals surface area contributed by atoms with Crippen molar-refractivity contribution in [1.82, 2.24) is 4.90 Å². The van der Waals surface area contributed by atoms with E-state index in [1.54, 1.807) is 0 Å². The predicted octanol–water partition coefficient (Wildman–Crippen LogP) is 2.70. The van der Waals surface area contributed by atoms with Gasteiger partial charge in [0.15, 0.2) is 0 Å². The van der Waals surface area contributed by atoms with E-state index in [1.165, 1.54) is 0 Å². The molecule has 0 saturated carbocycles. The van der Waals surface area contributed by atoms with Crippen molar-refractivity contribution in [3.8, 4) is 0 Å². The van der Waals surface area contributed by atoms with Crippen molar-refractivity contribution < 1.29 is 14.7 Å². The molecule has 2 rings (SSSR count). The Bertz CT molecular complexity index is 545. The van der Waals surface area contributed by atoms with Crippen LogP contribution in [-0.2, 0) is 9.57 Å². The lowest BCUT2D eigenvalue weighted by Gasteiger charge is -2.25. The van der Waals surface area contributed by atoms with Gasteiger partial charge in [-0.05, 0) is 11.5 Å². The normalized spacial score (nSPS) is 18.3. The van der Waals surface area contributed by atoms with E-state index in [-0.39, 0.29) is 6.10 Å². The number of aliphatic hydroxyl groups excluding tert-OH is 1. The topological polar surface area (TPSA) is 54.3 Å². The van der Waals surface area contributed by atoms with Crippen LogP contribution in [0.15, 0.2) is 48.1 Å². The van der Waals surface area contributed by atoms with E-state index in [4.69, 9.17) is 9.57 Å². The quantitative estimate of drug-likeness (QED) is 0.626. The van der Waals surface area contributed by atoms with Crippen molar-refractivity contribution in [3.63, 3.8) is 0 Å². The summed E-state index contributed by atoms with van der Waals surface area (Å²) in [6, 6.07) is 10.1. The number of aliphatic hydroxyl groups is 1. The largest absolute Gasteiger partial charge is 0.390 e. The third-order valence-corrected chi connectivity index (χ3v) is 3.92. The Labute approximate surface area is 150 Å². The van der Waals surface area contributed by atoms with E-state index >= 15 is 0 Å². The zero-order valence-electron chi connectivity index (χ0n) is 15.3. The summed E-state index contributed by atoms with van der Waals surface area (Å²) in [5, 5.41) is 14.4. The minimum atomic E-state index is -0.519. The molecule has 1 N–H and O–H groups in total. The van der Waals surface area contributed by atoms with Crippen LogP contribution in [0.2, 0.25) is 0 Å². The van der Waals surface area contributed by atoms with Crippen LogP contribution in [0.4, 0.5) is 0 Å². The number of rotatable bonds is 11. The van der Waals surface area contributed by atoms with Crippen LogP contribution in [0.3, 0.4) is 0 Å². The maximum absolute atomic E-state index is 10.2. The van der Waals surface area contributed by atoms with E-state index in [9.17, 15) is 5.11 Å². The molecule has 138 valence electrons. The fraction of sp³-hybridized carbons (Fsp3) is 0.550. The van der Waals surface area contributed by atoms with Gasteiger partial charge >= 0.3 is 0 Å². The van der Waals surface area contributed by atoms with Gasteiger partial charge in [0.25, 0.3) is 0 Å². The molecule has 0 unspecified atom stereocenters. The smallest absolute Gasteiger partial charge is 0.145 e. The second-order valence-corrected chi connectivity index (χ2v) is 6.93. The van der Waals surface area contributed by atoms with Gasteiger partial charge in [-0.3, -0.25) is 4.90 Å². The lowest BCUT2D eigenvalue weighted by molar-refractivity contribution is -0.00281. The molecule has 5 heteroatoms. The Hall–Kier alpha value is -1.69. The maximum atomic E-state index is 10.2. The first kappa shape index (κ1) is 19.6. The number of nitrogens with zero attached hydrogens (tertiary/aromatic N) is 2. The van der Waals surface area contributed by atoms with Gasteiger partial charge < -0.3 is 14.7 Å².